The zero-order valence-corrected chi connectivity index (χ0v) is 13.1. The van der Waals surface area contributed by atoms with Crippen LogP contribution in [0.3, 0.4) is 0 Å². The molecule has 0 amide bonds. The maximum Gasteiger partial charge on any atom is 0.119 e. The standard InChI is InChI=1S/C17H27NO3/c1-13-10-17(11-14(2)21-13)20-9-3-8-19-16-6-4-15(12-18)5-7-16/h4-7,13-14,17H,3,8-12,18H2,1-2H3. The molecule has 1 aliphatic rings. The first-order chi connectivity index (χ1) is 10.2. The Labute approximate surface area is 127 Å². The molecule has 2 rings (SSSR count). The fourth-order valence-electron chi connectivity index (χ4n) is 2.70. The molecule has 0 spiro atoms. The number of rotatable bonds is 7. The van der Waals surface area contributed by atoms with Gasteiger partial charge in [-0.15, -0.1) is 0 Å². The van der Waals surface area contributed by atoms with E-state index >= 15 is 0 Å². The molecule has 0 aromatic heterocycles. The Kier molecular flexibility index (Phi) is 6.49. The van der Waals surface area contributed by atoms with Crippen molar-refractivity contribution in [2.45, 2.75) is 58.0 Å². The van der Waals surface area contributed by atoms with Crippen LogP contribution in [-0.2, 0) is 16.0 Å². The van der Waals surface area contributed by atoms with Crippen molar-refractivity contribution in [1.29, 1.82) is 0 Å². The Bertz CT molecular complexity index is 397. The minimum Gasteiger partial charge on any atom is -0.494 e. The summed E-state index contributed by atoms with van der Waals surface area (Å²) in [6, 6.07) is 7.92. The van der Waals surface area contributed by atoms with Crippen LogP contribution >= 0.6 is 0 Å². The molecular weight excluding hydrogens is 266 g/mol. The van der Waals surface area contributed by atoms with Crippen molar-refractivity contribution in [2.24, 2.45) is 5.73 Å². The van der Waals surface area contributed by atoms with Gasteiger partial charge in [-0.1, -0.05) is 12.1 Å². The van der Waals surface area contributed by atoms with Crippen LogP contribution in [0.1, 0.15) is 38.7 Å². The maximum atomic E-state index is 5.92. The van der Waals surface area contributed by atoms with Gasteiger partial charge in [0.15, 0.2) is 0 Å². The lowest BCUT2D eigenvalue weighted by molar-refractivity contribution is -0.102. The fourth-order valence-corrected chi connectivity index (χ4v) is 2.70. The minimum atomic E-state index is 0.302. The smallest absolute Gasteiger partial charge is 0.119 e. The predicted molar refractivity (Wildman–Crippen MR) is 83.4 cm³/mol. The lowest BCUT2D eigenvalue weighted by Gasteiger charge is -2.32. The van der Waals surface area contributed by atoms with Crippen molar-refractivity contribution in [3.05, 3.63) is 29.8 Å². The minimum absolute atomic E-state index is 0.302. The van der Waals surface area contributed by atoms with Gasteiger partial charge >= 0.3 is 0 Å². The summed E-state index contributed by atoms with van der Waals surface area (Å²) in [6.45, 7) is 6.21. The molecule has 1 fully saturated rings. The van der Waals surface area contributed by atoms with Crippen LogP contribution < -0.4 is 10.5 Å². The van der Waals surface area contributed by atoms with Gasteiger partial charge in [-0.25, -0.2) is 0 Å². The first-order valence-corrected chi connectivity index (χ1v) is 7.86. The molecule has 21 heavy (non-hydrogen) atoms. The van der Waals surface area contributed by atoms with Crippen molar-refractivity contribution in [3.8, 4) is 5.75 Å². The second-order valence-corrected chi connectivity index (χ2v) is 5.77. The van der Waals surface area contributed by atoms with Gasteiger partial charge in [-0.3, -0.25) is 0 Å². The zero-order chi connectivity index (χ0) is 15.1. The fraction of sp³-hybridized carbons (Fsp3) is 0.647. The maximum absolute atomic E-state index is 5.92. The van der Waals surface area contributed by atoms with E-state index in [1.807, 2.05) is 24.3 Å². The Balaban J connectivity index is 1.59. The highest BCUT2D eigenvalue weighted by molar-refractivity contribution is 5.26. The average molecular weight is 293 g/mol. The van der Waals surface area contributed by atoms with Gasteiger partial charge in [0.25, 0.3) is 0 Å². The van der Waals surface area contributed by atoms with Gasteiger partial charge in [-0.05, 0) is 44.4 Å². The highest BCUT2D eigenvalue weighted by Gasteiger charge is 2.24. The van der Waals surface area contributed by atoms with Crippen LogP contribution in [-0.4, -0.2) is 31.5 Å². The van der Waals surface area contributed by atoms with Crippen LogP contribution in [0, 0.1) is 0 Å². The molecule has 1 aromatic rings. The van der Waals surface area contributed by atoms with E-state index in [0.29, 0.717) is 31.5 Å². The third-order valence-electron chi connectivity index (χ3n) is 3.72. The predicted octanol–water partition coefficient (Wildman–Crippen LogP) is 2.89. The van der Waals surface area contributed by atoms with Crippen LogP contribution in [0.15, 0.2) is 24.3 Å². The van der Waals surface area contributed by atoms with Gasteiger partial charge in [0.2, 0.25) is 0 Å². The van der Waals surface area contributed by atoms with Crippen molar-refractivity contribution in [1.82, 2.24) is 0 Å². The molecule has 1 aromatic carbocycles. The van der Waals surface area contributed by atoms with Crippen molar-refractivity contribution >= 4 is 0 Å². The van der Waals surface area contributed by atoms with Gasteiger partial charge < -0.3 is 19.9 Å². The lowest BCUT2D eigenvalue weighted by atomic mass is 10.0. The van der Waals surface area contributed by atoms with E-state index in [1.54, 1.807) is 0 Å². The summed E-state index contributed by atoms with van der Waals surface area (Å²) >= 11 is 0. The van der Waals surface area contributed by atoms with Crippen LogP contribution in [0.5, 0.6) is 5.75 Å². The van der Waals surface area contributed by atoms with Crippen molar-refractivity contribution < 1.29 is 14.2 Å². The van der Waals surface area contributed by atoms with E-state index in [9.17, 15) is 0 Å². The topological polar surface area (TPSA) is 53.7 Å². The SMILES string of the molecule is CC1CC(OCCCOc2ccc(CN)cc2)CC(C)O1. The lowest BCUT2D eigenvalue weighted by Crippen LogP contribution is -2.34. The molecule has 0 aliphatic carbocycles. The summed E-state index contributed by atoms with van der Waals surface area (Å²) in [5, 5.41) is 0. The molecule has 2 unspecified atom stereocenters. The van der Waals surface area contributed by atoms with E-state index in [4.69, 9.17) is 19.9 Å². The van der Waals surface area contributed by atoms with Gasteiger partial charge in [0.1, 0.15) is 5.75 Å². The molecule has 0 radical (unpaired) electrons. The van der Waals surface area contributed by atoms with Gasteiger partial charge in [0, 0.05) is 13.0 Å². The highest BCUT2D eigenvalue weighted by Crippen LogP contribution is 2.21. The first kappa shape index (κ1) is 16.3. The van der Waals surface area contributed by atoms with Crippen LogP contribution in [0.25, 0.3) is 0 Å². The molecule has 4 nitrogen and oxygen atoms in total. The molecule has 118 valence electrons. The largest absolute Gasteiger partial charge is 0.494 e. The first-order valence-electron chi connectivity index (χ1n) is 7.86. The van der Waals surface area contributed by atoms with E-state index < -0.39 is 0 Å². The summed E-state index contributed by atoms with van der Waals surface area (Å²) in [6.07, 6.45) is 3.82. The summed E-state index contributed by atoms with van der Waals surface area (Å²) in [7, 11) is 0. The molecule has 2 N–H and O–H groups in total. The molecule has 1 aliphatic heterocycles. The number of hydrogen-bond donors (Lipinski definition) is 1. The highest BCUT2D eigenvalue weighted by atomic mass is 16.5. The Morgan fingerprint density at radius 1 is 1.10 bits per heavy atom. The average Bonchev–Trinajstić information content (AvgIpc) is 2.46. The Hall–Kier alpha value is -1.10. The van der Waals surface area contributed by atoms with E-state index in [-0.39, 0.29) is 0 Å². The molecular formula is C17H27NO3. The molecule has 1 saturated heterocycles. The Morgan fingerprint density at radius 2 is 1.76 bits per heavy atom. The zero-order valence-electron chi connectivity index (χ0n) is 13.1. The number of ether oxygens (including phenoxy) is 3. The molecule has 0 saturated carbocycles. The summed E-state index contributed by atoms with van der Waals surface area (Å²) < 4.78 is 17.3. The second kappa shape index (κ2) is 8.37. The van der Waals surface area contributed by atoms with Crippen molar-refractivity contribution in [3.63, 3.8) is 0 Å². The third-order valence-corrected chi connectivity index (χ3v) is 3.72. The quantitative estimate of drug-likeness (QED) is 0.785. The molecule has 0 bridgehead atoms. The normalized spacial score (nSPS) is 25.8. The van der Waals surface area contributed by atoms with Gasteiger partial charge in [-0.2, -0.15) is 0 Å². The third kappa shape index (κ3) is 5.65. The number of benzene rings is 1. The monoisotopic (exact) mass is 293 g/mol. The van der Waals surface area contributed by atoms with E-state index in [1.165, 1.54) is 0 Å². The summed E-state index contributed by atoms with van der Waals surface area (Å²) in [5.41, 5.74) is 6.68. The summed E-state index contributed by atoms with van der Waals surface area (Å²) in [5.74, 6) is 0.889. The van der Waals surface area contributed by atoms with Crippen LogP contribution in [0.4, 0.5) is 0 Å². The van der Waals surface area contributed by atoms with Crippen molar-refractivity contribution in [2.75, 3.05) is 13.2 Å². The number of nitrogens with two attached hydrogens (primary N) is 1. The molecule has 4 heteroatoms. The second-order valence-electron chi connectivity index (χ2n) is 5.77. The van der Waals surface area contributed by atoms with E-state index in [2.05, 4.69) is 13.8 Å². The van der Waals surface area contributed by atoms with E-state index in [0.717, 1.165) is 37.2 Å². The summed E-state index contributed by atoms with van der Waals surface area (Å²) in [4.78, 5) is 0. The Morgan fingerprint density at radius 3 is 2.38 bits per heavy atom. The molecule has 2 atom stereocenters. The number of hydrogen-bond acceptors (Lipinski definition) is 4. The molecule has 1 heterocycles. The van der Waals surface area contributed by atoms with Gasteiger partial charge in [0.05, 0.1) is 31.5 Å². The van der Waals surface area contributed by atoms with Crippen LogP contribution in [0.2, 0.25) is 0 Å².